The number of nitrogens with one attached hydrogen (secondary N) is 1. The van der Waals surface area contributed by atoms with Gasteiger partial charge in [-0.3, -0.25) is 24.2 Å². The molecular weight excluding hydrogens is 717 g/mol. The van der Waals surface area contributed by atoms with Gasteiger partial charge in [-0.1, -0.05) is 61.5 Å². The number of benzene rings is 3. The van der Waals surface area contributed by atoms with Crippen molar-refractivity contribution in [3.05, 3.63) is 101 Å². The number of carbonyl (C=O) groups is 4. The maximum Gasteiger partial charge on any atom is 0.407 e. The number of anilines is 1. The molecule has 0 saturated carbocycles. The van der Waals surface area contributed by atoms with E-state index in [2.05, 4.69) is 47.2 Å². The van der Waals surface area contributed by atoms with Gasteiger partial charge in [0.2, 0.25) is 11.8 Å². The molecule has 3 aliphatic heterocycles. The van der Waals surface area contributed by atoms with Gasteiger partial charge < -0.3 is 29.7 Å². The minimum atomic E-state index is -0.958. The minimum absolute atomic E-state index is 0.0628. The second-order valence-electron chi connectivity index (χ2n) is 15.8. The van der Waals surface area contributed by atoms with Gasteiger partial charge in [-0.25, -0.2) is 9.18 Å². The van der Waals surface area contributed by atoms with Gasteiger partial charge in [0.15, 0.2) is 0 Å². The zero-order chi connectivity index (χ0) is 39.8. The predicted molar refractivity (Wildman–Crippen MR) is 210 cm³/mol. The molecule has 4 atom stereocenters. The number of hydrogen-bond donors (Lipinski definition) is 2. The molecule has 12 nitrogen and oxygen atoms in total. The minimum Gasteiger partial charge on any atom is -0.465 e. The highest BCUT2D eigenvalue weighted by Crippen LogP contribution is 2.44. The topological polar surface area (TPSA) is 132 Å². The molecule has 2 N–H and O–H groups in total. The van der Waals surface area contributed by atoms with Crippen LogP contribution in [0.2, 0.25) is 0 Å². The Morgan fingerprint density at radius 2 is 1.70 bits per heavy atom. The lowest BCUT2D eigenvalue weighted by Crippen LogP contribution is -2.64. The Balaban J connectivity index is 1.14. The van der Waals surface area contributed by atoms with E-state index in [-0.39, 0.29) is 49.4 Å². The number of esters is 1. The normalized spacial score (nSPS) is 22.8. The molecule has 3 aromatic carbocycles. The van der Waals surface area contributed by atoms with Crippen LogP contribution in [0.1, 0.15) is 62.3 Å². The Labute approximate surface area is 328 Å². The van der Waals surface area contributed by atoms with E-state index in [1.807, 2.05) is 42.2 Å². The third kappa shape index (κ3) is 10.3. The number of amides is 3. The summed E-state index contributed by atoms with van der Waals surface area (Å²) in [5.74, 6) is -1.35. The number of fused-ring (bicyclic) bond motifs is 1. The first kappa shape index (κ1) is 40.8. The van der Waals surface area contributed by atoms with Crippen LogP contribution >= 0.6 is 0 Å². The van der Waals surface area contributed by atoms with Crippen molar-refractivity contribution in [1.29, 1.82) is 0 Å². The van der Waals surface area contributed by atoms with Crippen LogP contribution in [-0.2, 0) is 42.3 Å². The maximum absolute atomic E-state index is 14.5. The Morgan fingerprint density at radius 3 is 2.43 bits per heavy atom. The van der Waals surface area contributed by atoms with Crippen LogP contribution in [0, 0.1) is 5.82 Å². The molecule has 0 aliphatic carbocycles. The lowest BCUT2D eigenvalue weighted by molar-refractivity contribution is -0.147. The zero-order valence-electron chi connectivity index (χ0n) is 32.6. The van der Waals surface area contributed by atoms with Crippen molar-refractivity contribution in [3.8, 4) is 0 Å². The summed E-state index contributed by atoms with van der Waals surface area (Å²) >= 11 is 0. The molecule has 0 bridgehead atoms. The standard InChI is InChI=1S/C43H54FN5O7/c1-30-23-47(36(25-48(30)42(53)54)24-46-18-19-55-27-31(46)2)26-40(51)49-29-43(3,37-15-12-34(21-38(37)49)20-32-10-13-35(44)14-11-32)16-7-17-45-39(50)22-41(52)56-28-33-8-5-4-6-9-33/h4-6,8-15,21,30-31,36H,7,16-20,22-29H2,1-3H3,(H,45,50)(H,53,54)/t30-,31-,36+,43-/m1/s1. The van der Waals surface area contributed by atoms with Gasteiger partial charge in [0.1, 0.15) is 18.8 Å². The Morgan fingerprint density at radius 1 is 0.946 bits per heavy atom. The molecule has 6 rings (SSSR count). The SMILES string of the molecule is C[C@@H]1COCCN1C[C@H]1CN(C(=O)O)[C@H](C)CN1CC(=O)N1C[C@@](C)(CCCNC(=O)CC(=O)OCc2ccccc2)c2ccc(Cc3ccc(F)cc3)cc21. The van der Waals surface area contributed by atoms with Crippen LogP contribution in [-0.4, -0.2) is 121 Å². The molecule has 0 spiro atoms. The first-order valence-electron chi connectivity index (χ1n) is 19.6. The number of carbonyl (C=O) groups excluding carboxylic acids is 3. The predicted octanol–water partition coefficient (Wildman–Crippen LogP) is 4.82. The number of halogens is 1. The smallest absolute Gasteiger partial charge is 0.407 e. The Hall–Kier alpha value is -4.85. The quantitative estimate of drug-likeness (QED) is 0.135. The highest BCUT2D eigenvalue weighted by Gasteiger charge is 2.43. The van der Waals surface area contributed by atoms with Gasteiger partial charge in [0.25, 0.3) is 0 Å². The molecule has 56 heavy (non-hydrogen) atoms. The van der Waals surface area contributed by atoms with E-state index in [1.54, 1.807) is 12.1 Å². The van der Waals surface area contributed by atoms with Gasteiger partial charge in [0, 0.05) is 68.5 Å². The van der Waals surface area contributed by atoms with Crippen LogP contribution in [0.5, 0.6) is 0 Å². The largest absolute Gasteiger partial charge is 0.465 e. The fourth-order valence-corrected chi connectivity index (χ4v) is 8.21. The van der Waals surface area contributed by atoms with Crippen molar-refractivity contribution in [2.24, 2.45) is 0 Å². The summed E-state index contributed by atoms with van der Waals surface area (Å²) in [5.41, 5.74) is 4.24. The number of nitrogens with zero attached hydrogens (tertiary/aromatic N) is 4. The van der Waals surface area contributed by atoms with Crippen molar-refractivity contribution in [2.75, 3.05) is 63.9 Å². The highest BCUT2D eigenvalue weighted by molar-refractivity contribution is 5.98. The molecular formula is C43H54FN5O7. The highest BCUT2D eigenvalue weighted by atomic mass is 19.1. The second kappa shape index (κ2) is 18.4. The molecule has 300 valence electrons. The number of ether oxygens (including phenoxy) is 2. The van der Waals surface area contributed by atoms with Crippen LogP contribution in [0.3, 0.4) is 0 Å². The van der Waals surface area contributed by atoms with Crippen molar-refractivity contribution < 1.29 is 38.1 Å². The second-order valence-corrected chi connectivity index (χ2v) is 15.8. The molecule has 3 amide bonds. The lowest BCUT2D eigenvalue weighted by atomic mass is 9.80. The maximum atomic E-state index is 14.5. The van der Waals surface area contributed by atoms with Crippen LogP contribution in [0.15, 0.2) is 72.8 Å². The monoisotopic (exact) mass is 771 g/mol. The summed E-state index contributed by atoms with van der Waals surface area (Å²) in [6, 6.07) is 21.6. The Kier molecular flexibility index (Phi) is 13.4. The first-order valence-corrected chi connectivity index (χ1v) is 19.6. The van der Waals surface area contributed by atoms with Gasteiger partial charge in [-0.15, -0.1) is 0 Å². The van der Waals surface area contributed by atoms with Crippen molar-refractivity contribution in [1.82, 2.24) is 20.0 Å². The fraction of sp³-hybridized carbons (Fsp3) is 0.488. The number of rotatable bonds is 14. The summed E-state index contributed by atoms with van der Waals surface area (Å²) in [5, 5.41) is 12.8. The molecule has 0 radical (unpaired) electrons. The van der Waals surface area contributed by atoms with Crippen molar-refractivity contribution in [2.45, 2.75) is 76.6 Å². The van der Waals surface area contributed by atoms with E-state index in [0.717, 1.165) is 34.5 Å². The van der Waals surface area contributed by atoms with Gasteiger partial charge in [-0.05, 0) is 73.6 Å². The Bertz CT molecular complexity index is 1850. The lowest BCUT2D eigenvalue weighted by Gasteiger charge is -2.47. The van der Waals surface area contributed by atoms with E-state index in [1.165, 1.54) is 17.0 Å². The average molecular weight is 772 g/mol. The molecule has 3 heterocycles. The summed E-state index contributed by atoms with van der Waals surface area (Å²) in [6.07, 6.45) is 0.540. The number of piperazine rings is 1. The summed E-state index contributed by atoms with van der Waals surface area (Å²) in [6.45, 7) is 10.5. The van der Waals surface area contributed by atoms with E-state index < -0.39 is 23.4 Å². The summed E-state index contributed by atoms with van der Waals surface area (Å²) in [4.78, 5) is 59.4. The number of hydrogen-bond acceptors (Lipinski definition) is 8. The number of carboxylic acid groups (broad SMARTS) is 1. The van der Waals surface area contributed by atoms with Gasteiger partial charge in [0.05, 0.1) is 19.8 Å². The van der Waals surface area contributed by atoms with E-state index in [0.29, 0.717) is 65.2 Å². The molecule has 13 heteroatoms. The third-order valence-corrected chi connectivity index (χ3v) is 11.4. The summed E-state index contributed by atoms with van der Waals surface area (Å²) < 4.78 is 24.6. The van der Waals surface area contributed by atoms with Crippen molar-refractivity contribution >= 4 is 29.6 Å². The van der Waals surface area contributed by atoms with E-state index in [9.17, 15) is 28.7 Å². The molecule has 3 aromatic rings. The van der Waals surface area contributed by atoms with E-state index >= 15 is 0 Å². The third-order valence-electron chi connectivity index (χ3n) is 11.4. The van der Waals surface area contributed by atoms with E-state index in [4.69, 9.17) is 9.47 Å². The fourth-order valence-electron chi connectivity index (χ4n) is 8.21. The van der Waals surface area contributed by atoms with Gasteiger partial charge >= 0.3 is 12.1 Å². The van der Waals surface area contributed by atoms with Crippen molar-refractivity contribution in [3.63, 3.8) is 0 Å². The van der Waals surface area contributed by atoms with Crippen LogP contribution in [0.25, 0.3) is 0 Å². The van der Waals surface area contributed by atoms with Gasteiger partial charge in [-0.2, -0.15) is 0 Å². The summed E-state index contributed by atoms with van der Waals surface area (Å²) in [7, 11) is 0. The number of morpholine rings is 1. The molecule has 3 aliphatic rings. The molecule has 0 aromatic heterocycles. The van der Waals surface area contributed by atoms with Crippen LogP contribution in [0.4, 0.5) is 14.9 Å². The van der Waals surface area contributed by atoms with Crippen LogP contribution < -0.4 is 10.2 Å². The molecule has 2 fully saturated rings. The molecule has 2 saturated heterocycles. The first-order chi connectivity index (χ1) is 26.9. The zero-order valence-corrected chi connectivity index (χ0v) is 32.6. The molecule has 0 unspecified atom stereocenters. The average Bonchev–Trinajstić information content (AvgIpc) is 3.47.